The smallest absolute Gasteiger partial charge is 0.330 e. The molecular weight excluding hydrogens is 338 g/mol. The molecule has 0 saturated heterocycles. The minimum atomic E-state index is -0.540. The maximum Gasteiger partial charge on any atom is 0.330 e. The highest BCUT2D eigenvalue weighted by Crippen LogP contribution is 2.14. The number of furan rings is 1. The number of rotatable bonds is 5. The van der Waals surface area contributed by atoms with E-state index in [2.05, 4.69) is 21.2 Å². The zero-order valence-electron chi connectivity index (χ0n) is 11.4. The molecule has 2 rings (SSSR count). The van der Waals surface area contributed by atoms with Gasteiger partial charge in [-0.2, -0.15) is 0 Å². The Morgan fingerprint density at radius 1 is 1.29 bits per heavy atom. The molecule has 1 heterocycles. The van der Waals surface area contributed by atoms with Crippen LogP contribution in [0.25, 0.3) is 0 Å². The minimum Gasteiger partial charge on any atom is -0.444 e. The molecule has 0 radical (unpaired) electrons. The molecule has 5 nitrogen and oxygen atoms in total. The van der Waals surface area contributed by atoms with Crippen molar-refractivity contribution >= 4 is 27.8 Å². The van der Waals surface area contributed by atoms with Crippen molar-refractivity contribution in [3.8, 4) is 5.75 Å². The van der Waals surface area contributed by atoms with Crippen LogP contribution in [0.15, 0.2) is 45.5 Å². The summed E-state index contributed by atoms with van der Waals surface area (Å²) in [6.45, 7) is 1.79. The van der Waals surface area contributed by atoms with E-state index in [4.69, 9.17) is 9.15 Å². The largest absolute Gasteiger partial charge is 0.444 e. The molecule has 21 heavy (non-hydrogen) atoms. The van der Waals surface area contributed by atoms with E-state index >= 15 is 0 Å². The van der Waals surface area contributed by atoms with Gasteiger partial charge in [-0.15, -0.1) is 0 Å². The first kappa shape index (κ1) is 15.3. The monoisotopic (exact) mass is 351 g/mol. The number of hydrogen-bond donors (Lipinski definition) is 1. The molecule has 0 spiro atoms. The first-order valence-corrected chi connectivity index (χ1v) is 7.21. The fourth-order valence-electron chi connectivity index (χ4n) is 1.67. The van der Waals surface area contributed by atoms with Crippen molar-refractivity contribution in [2.24, 2.45) is 0 Å². The number of esters is 1. The van der Waals surface area contributed by atoms with Gasteiger partial charge in [-0.1, -0.05) is 19.1 Å². The Balaban J connectivity index is 1.85. The van der Waals surface area contributed by atoms with Gasteiger partial charge in [0.05, 0.1) is 0 Å². The third-order valence-electron chi connectivity index (χ3n) is 2.73. The van der Waals surface area contributed by atoms with Crippen LogP contribution in [0.1, 0.15) is 23.0 Å². The number of aryl methyl sites for hydroxylation is 1. The maximum atomic E-state index is 11.7. The van der Waals surface area contributed by atoms with Crippen LogP contribution < -0.4 is 10.1 Å². The summed E-state index contributed by atoms with van der Waals surface area (Å²) in [5.74, 6) is -0.417. The molecule has 0 fully saturated rings. The third kappa shape index (κ3) is 4.46. The molecule has 0 bridgehead atoms. The Morgan fingerprint density at radius 3 is 2.76 bits per heavy atom. The lowest BCUT2D eigenvalue weighted by Crippen LogP contribution is -2.31. The van der Waals surface area contributed by atoms with E-state index in [1.54, 1.807) is 18.2 Å². The van der Waals surface area contributed by atoms with Crippen LogP contribution in [-0.4, -0.2) is 18.4 Å². The Labute approximate surface area is 130 Å². The van der Waals surface area contributed by atoms with Gasteiger partial charge in [-0.05, 0) is 52.2 Å². The van der Waals surface area contributed by atoms with E-state index in [0.717, 1.165) is 12.0 Å². The Bertz CT molecular complexity index is 651. The summed E-state index contributed by atoms with van der Waals surface area (Å²) < 4.78 is 10.7. The van der Waals surface area contributed by atoms with Crippen molar-refractivity contribution < 1.29 is 18.7 Å². The number of halogens is 1. The third-order valence-corrected chi connectivity index (χ3v) is 3.15. The zero-order chi connectivity index (χ0) is 15.2. The number of carbonyl (C=O) groups is 2. The van der Waals surface area contributed by atoms with Gasteiger partial charge in [-0.3, -0.25) is 4.79 Å². The summed E-state index contributed by atoms with van der Waals surface area (Å²) in [6, 6.07) is 10.4. The fraction of sp³-hybridized carbons (Fsp3) is 0.200. The average molecular weight is 352 g/mol. The Morgan fingerprint density at radius 2 is 2.10 bits per heavy atom. The van der Waals surface area contributed by atoms with Gasteiger partial charge in [-0.25, -0.2) is 4.79 Å². The lowest BCUT2D eigenvalue weighted by Gasteiger charge is -2.06. The Kier molecular flexibility index (Phi) is 5.16. The highest BCUT2D eigenvalue weighted by Gasteiger charge is 2.12. The summed E-state index contributed by atoms with van der Waals surface area (Å²) in [6.07, 6.45) is 0.857. The van der Waals surface area contributed by atoms with Crippen LogP contribution in [0.2, 0.25) is 0 Å². The summed E-state index contributed by atoms with van der Waals surface area (Å²) in [7, 11) is 0. The molecule has 0 unspecified atom stereocenters. The first-order chi connectivity index (χ1) is 10.1. The molecule has 0 aliphatic rings. The van der Waals surface area contributed by atoms with Gasteiger partial charge < -0.3 is 14.5 Å². The highest BCUT2D eigenvalue weighted by atomic mass is 79.9. The quantitative estimate of drug-likeness (QED) is 0.664. The van der Waals surface area contributed by atoms with Crippen LogP contribution in [0, 0.1) is 0 Å². The van der Waals surface area contributed by atoms with Gasteiger partial charge in [0.2, 0.25) is 0 Å². The lowest BCUT2D eigenvalue weighted by atomic mass is 10.2. The molecule has 1 amide bonds. The zero-order valence-corrected chi connectivity index (χ0v) is 13.0. The molecule has 0 saturated carbocycles. The second-order valence-corrected chi connectivity index (χ2v) is 5.04. The maximum absolute atomic E-state index is 11.7. The number of nitrogens with one attached hydrogen (secondary N) is 1. The average Bonchev–Trinajstić information content (AvgIpc) is 2.91. The number of hydrogen-bond acceptors (Lipinski definition) is 4. The van der Waals surface area contributed by atoms with E-state index in [1.807, 2.05) is 19.1 Å². The van der Waals surface area contributed by atoms with E-state index < -0.39 is 11.9 Å². The molecule has 0 aliphatic carbocycles. The molecule has 1 aromatic carbocycles. The normalized spacial score (nSPS) is 10.2. The number of amides is 1. The topological polar surface area (TPSA) is 68.5 Å². The summed E-state index contributed by atoms with van der Waals surface area (Å²) in [4.78, 5) is 23.4. The van der Waals surface area contributed by atoms with Crippen molar-refractivity contribution in [3.63, 3.8) is 0 Å². The second kappa shape index (κ2) is 7.08. The van der Waals surface area contributed by atoms with Crippen LogP contribution in [0.4, 0.5) is 0 Å². The van der Waals surface area contributed by atoms with Crippen molar-refractivity contribution in [3.05, 3.63) is 52.4 Å². The molecule has 1 aromatic heterocycles. The molecule has 2 aromatic rings. The van der Waals surface area contributed by atoms with Crippen LogP contribution in [-0.2, 0) is 11.2 Å². The van der Waals surface area contributed by atoms with Gasteiger partial charge in [0.1, 0.15) is 12.3 Å². The standard InChI is InChI=1S/C15H14BrNO4/c1-2-10-4-3-5-11(8-10)20-14(18)9-17-15(19)12-6-7-13(16)21-12/h3-8H,2,9H2,1H3,(H,17,19). The second-order valence-electron chi connectivity index (χ2n) is 4.26. The number of carbonyl (C=O) groups excluding carboxylic acids is 2. The van der Waals surface area contributed by atoms with Crippen LogP contribution in [0.3, 0.4) is 0 Å². The van der Waals surface area contributed by atoms with Gasteiger partial charge in [0, 0.05) is 0 Å². The van der Waals surface area contributed by atoms with Crippen LogP contribution in [0.5, 0.6) is 5.75 Å². The highest BCUT2D eigenvalue weighted by molar-refractivity contribution is 9.10. The molecule has 6 heteroatoms. The predicted molar refractivity (Wildman–Crippen MR) is 80.2 cm³/mol. The lowest BCUT2D eigenvalue weighted by molar-refractivity contribution is -0.133. The molecule has 0 atom stereocenters. The van der Waals surface area contributed by atoms with Crippen molar-refractivity contribution in [1.29, 1.82) is 0 Å². The number of ether oxygens (including phenoxy) is 1. The SMILES string of the molecule is CCc1cccc(OC(=O)CNC(=O)c2ccc(Br)o2)c1. The fourth-order valence-corrected chi connectivity index (χ4v) is 1.98. The molecular formula is C15H14BrNO4. The number of benzene rings is 1. The van der Waals surface area contributed by atoms with Crippen molar-refractivity contribution in [2.45, 2.75) is 13.3 Å². The summed E-state index contributed by atoms with van der Waals surface area (Å²) in [5.41, 5.74) is 1.07. The summed E-state index contributed by atoms with van der Waals surface area (Å²) >= 11 is 3.10. The van der Waals surface area contributed by atoms with Gasteiger partial charge in [0.25, 0.3) is 5.91 Å². The first-order valence-electron chi connectivity index (χ1n) is 6.41. The van der Waals surface area contributed by atoms with E-state index in [1.165, 1.54) is 6.07 Å². The van der Waals surface area contributed by atoms with E-state index in [-0.39, 0.29) is 12.3 Å². The summed E-state index contributed by atoms with van der Waals surface area (Å²) in [5, 5.41) is 2.43. The minimum absolute atomic E-state index is 0.127. The predicted octanol–water partition coefficient (Wildman–Crippen LogP) is 2.94. The molecule has 0 aliphatic heterocycles. The van der Waals surface area contributed by atoms with Gasteiger partial charge in [0.15, 0.2) is 10.4 Å². The van der Waals surface area contributed by atoms with Gasteiger partial charge >= 0.3 is 5.97 Å². The van der Waals surface area contributed by atoms with Crippen molar-refractivity contribution in [1.82, 2.24) is 5.32 Å². The molecule has 1 N–H and O–H groups in total. The van der Waals surface area contributed by atoms with Crippen LogP contribution >= 0.6 is 15.9 Å². The van der Waals surface area contributed by atoms with E-state index in [9.17, 15) is 9.59 Å². The molecule has 110 valence electrons. The Hall–Kier alpha value is -2.08. The van der Waals surface area contributed by atoms with E-state index in [0.29, 0.717) is 10.4 Å². The van der Waals surface area contributed by atoms with Crippen molar-refractivity contribution in [2.75, 3.05) is 6.54 Å².